The average molecular weight is 282 g/mol. The van der Waals surface area contributed by atoms with Gasteiger partial charge in [-0.05, 0) is 29.6 Å². The van der Waals surface area contributed by atoms with E-state index in [1.165, 1.54) is 24.3 Å². The fourth-order valence-corrected chi connectivity index (χ4v) is 2.46. The molecule has 0 aromatic heterocycles. The zero-order chi connectivity index (χ0) is 15.0. The number of hydrogen-bond donors (Lipinski definition) is 3. The van der Waals surface area contributed by atoms with Crippen molar-refractivity contribution in [3.05, 3.63) is 65.0 Å². The number of phenols is 1. The lowest BCUT2D eigenvalue weighted by molar-refractivity contribution is 0.463. The predicted molar refractivity (Wildman–Crippen MR) is 75.9 cm³/mol. The summed E-state index contributed by atoms with van der Waals surface area (Å²) < 4.78 is 18.8. The number of halogens is 1. The molecule has 4 nitrogen and oxygen atoms in total. The smallest absolute Gasteiger partial charge is 0.225 e. The minimum Gasteiger partial charge on any atom is -0.508 e. The maximum atomic E-state index is 13.5. The highest BCUT2D eigenvalue weighted by Gasteiger charge is 2.32. The number of aromatic hydroxyl groups is 1. The first-order valence-corrected chi connectivity index (χ1v) is 6.25. The molecule has 0 saturated heterocycles. The lowest BCUT2D eigenvalue weighted by atomic mass is 9.83. The highest BCUT2D eigenvalue weighted by atomic mass is 19.1. The third-order valence-electron chi connectivity index (χ3n) is 3.37. The molecule has 5 heteroatoms. The van der Waals surface area contributed by atoms with E-state index in [1.807, 2.05) is 0 Å². The summed E-state index contributed by atoms with van der Waals surface area (Å²) >= 11 is 0. The quantitative estimate of drug-likeness (QED) is 0.702. The van der Waals surface area contributed by atoms with Gasteiger partial charge in [0, 0.05) is 11.6 Å². The molecule has 1 heterocycles. The normalized spacial score (nSPS) is 16.9. The Morgan fingerprint density at radius 1 is 1.19 bits per heavy atom. The zero-order valence-electron chi connectivity index (χ0n) is 10.9. The third kappa shape index (κ3) is 2.20. The van der Waals surface area contributed by atoms with Crippen molar-refractivity contribution in [1.82, 2.24) is 0 Å². The minimum atomic E-state index is -0.518. The Labute approximate surface area is 120 Å². The van der Waals surface area contributed by atoms with Gasteiger partial charge in [-0.1, -0.05) is 18.2 Å². The second-order valence-electron chi connectivity index (χ2n) is 4.68. The van der Waals surface area contributed by atoms with Crippen LogP contribution in [0.25, 0.3) is 0 Å². The molecule has 2 aromatic carbocycles. The molecule has 1 aliphatic heterocycles. The molecule has 0 saturated carbocycles. The lowest BCUT2D eigenvalue weighted by Gasteiger charge is -2.27. The lowest BCUT2D eigenvalue weighted by Crippen LogP contribution is -2.24. The van der Waals surface area contributed by atoms with Crippen molar-refractivity contribution in [3.8, 4) is 11.5 Å². The zero-order valence-corrected chi connectivity index (χ0v) is 10.9. The van der Waals surface area contributed by atoms with Gasteiger partial charge in [0.2, 0.25) is 5.90 Å². The van der Waals surface area contributed by atoms with Crippen LogP contribution in [0, 0.1) is 16.6 Å². The van der Waals surface area contributed by atoms with Gasteiger partial charge in [0.15, 0.2) is 0 Å². The summed E-state index contributed by atoms with van der Waals surface area (Å²) in [7, 11) is 0. The van der Waals surface area contributed by atoms with Gasteiger partial charge >= 0.3 is 0 Å². The minimum absolute atomic E-state index is 0.0156. The van der Waals surface area contributed by atoms with Crippen molar-refractivity contribution < 1.29 is 14.2 Å². The van der Waals surface area contributed by atoms with E-state index in [2.05, 4.69) is 5.87 Å². The van der Waals surface area contributed by atoms with E-state index in [4.69, 9.17) is 15.6 Å². The van der Waals surface area contributed by atoms with Crippen molar-refractivity contribution in [3.63, 3.8) is 0 Å². The summed E-state index contributed by atoms with van der Waals surface area (Å²) in [4.78, 5) is 0. The van der Waals surface area contributed by atoms with Crippen LogP contribution in [0.2, 0.25) is 0 Å². The fourth-order valence-electron chi connectivity index (χ4n) is 2.46. The number of phenolic OH excluding ortho intramolecular Hbond substituents is 1. The molecule has 0 radical (unpaired) electrons. The van der Waals surface area contributed by atoms with Crippen LogP contribution in [-0.4, -0.2) is 16.9 Å². The van der Waals surface area contributed by atoms with E-state index in [0.717, 1.165) is 0 Å². The predicted octanol–water partition coefficient (Wildman–Crippen LogP) is 3.21. The van der Waals surface area contributed by atoms with Crippen LogP contribution in [0.1, 0.15) is 17.0 Å². The molecular weight excluding hydrogens is 271 g/mol. The Hall–Kier alpha value is -2.91. The molecular formula is C16H11FN2O2. The molecule has 3 N–H and O–H groups in total. The fraction of sp³-hybridized carbons (Fsp3) is 0.0625. The number of nitrogens with one attached hydrogen (secondary N) is 2. The standard InChI is InChI=1S/C16H11FN2O2/c17-10-3-1-2-9(6-10)15-12-5-4-11(20)7-14(12)21-16(19)13(15)8-18/h1-7,15,18-20H. The first-order valence-electron chi connectivity index (χ1n) is 6.25. The van der Waals surface area contributed by atoms with Gasteiger partial charge in [0.25, 0.3) is 0 Å². The molecule has 104 valence electrons. The van der Waals surface area contributed by atoms with Crippen molar-refractivity contribution in [2.45, 2.75) is 5.92 Å². The Balaban J connectivity index is 2.25. The molecule has 0 amide bonds. The van der Waals surface area contributed by atoms with Crippen molar-refractivity contribution in [2.24, 2.45) is 0 Å². The largest absolute Gasteiger partial charge is 0.508 e. The van der Waals surface area contributed by atoms with Crippen molar-refractivity contribution in [2.75, 3.05) is 0 Å². The van der Waals surface area contributed by atoms with Crippen molar-refractivity contribution in [1.29, 1.82) is 10.8 Å². The maximum Gasteiger partial charge on any atom is 0.225 e. The summed E-state index contributed by atoms with van der Waals surface area (Å²) in [6, 6.07) is 10.5. The van der Waals surface area contributed by atoms with Gasteiger partial charge in [0.1, 0.15) is 17.3 Å². The number of ether oxygens (including phenoxy) is 1. The highest BCUT2D eigenvalue weighted by Crippen LogP contribution is 2.42. The van der Waals surface area contributed by atoms with Gasteiger partial charge in [-0.3, -0.25) is 10.8 Å². The third-order valence-corrected chi connectivity index (χ3v) is 3.37. The van der Waals surface area contributed by atoms with E-state index < -0.39 is 11.7 Å². The Morgan fingerprint density at radius 3 is 2.71 bits per heavy atom. The topological polar surface area (TPSA) is 77.2 Å². The average Bonchev–Trinajstić information content (AvgIpc) is 2.45. The van der Waals surface area contributed by atoms with Crippen molar-refractivity contribution >= 4 is 11.8 Å². The van der Waals surface area contributed by atoms with E-state index in [9.17, 15) is 9.50 Å². The van der Waals surface area contributed by atoms with Crippen LogP contribution < -0.4 is 4.74 Å². The molecule has 1 atom stereocenters. The molecule has 0 spiro atoms. The number of fused-ring (bicyclic) bond motifs is 1. The number of hydrogen-bond acceptors (Lipinski definition) is 4. The summed E-state index contributed by atoms with van der Waals surface area (Å²) in [6.45, 7) is 0. The van der Waals surface area contributed by atoms with Gasteiger partial charge in [0.05, 0.1) is 11.5 Å². The number of benzene rings is 2. The van der Waals surface area contributed by atoms with Gasteiger partial charge in [-0.2, -0.15) is 0 Å². The summed E-state index contributed by atoms with van der Waals surface area (Å²) in [5.41, 5.74) is 1.48. The van der Waals surface area contributed by atoms with Crippen LogP contribution in [0.4, 0.5) is 4.39 Å². The molecule has 3 rings (SSSR count). The second-order valence-corrected chi connectivity index (χ2v) is 4.68. The maximum absolute atomic E-state index is 13.5. The molecule has 21 heavy (non-hydrogen) atoms. The van der Waals surface area contributed by atoms with E-state index >= 15 is 0 Å². The van der Waals surface area contributed by atoms with E-state index in [-0.39, 0.29) is 17.2 Å². The molecule has 0 fully saturated rings. The van der Waals surface area contributed by atoms with Crippen LogP contribution >= 0.6 is 0 Å². The Morgan fingerprint density at radius 2 is 2.00 bits per heavy atom. The molecule has 1 aliphatic rings. The molecule has 0 bridgehead atoms. The van der Waals surface area contributed by atoms with Crippen LogP contribution in [0.3, 0.4) is 0 Å². The van der Waals surface area contributed by atoms with E-state index in [1.54, 1.807) is 18.2 Å². The van der Waals surface area contributed by atoms with Gasteiger partial charge in [-0.25, -0.2) is 4.39 Å². The van der Waals surface area contributed by atoms with Gasteiger partial charge < -0.3 is 9.84 Å². The SMILES string of the molecule is N=C=C1C(=N)Oc2cc(O)ccc2C1c1cccc(F)c1. The Bertz CT molecular complexity index is 795. The monoisotopic (exact) mass is 282 g/mol. The second kappa shape index (κ2) is 4.89. The van der Waals surface area contributed by atoms with Crippen LogP contribution in [0.15, 0.2) is 48.0 Å². The highest BCUT2D eigenvalue weighted by molar-refractivity contribution is 6.04. The Kier molecular flexibility index (Phi) is 3.05. The molecule has 1 unspecified atom stereocenters. The summed E-state index contributed by atoms with van der Waals surface area (Å²) in [5.74, 6) is 1.42. The molecule has 2 aromatic rings. The first-order chi connectivity index (χ1) is 10.1. The summed E-state index contributed by atoms with van der Waals surface area (Å²) in [6.07, 6.45) is 0. The first kappa shape index (κ1) is 13.1. The number of rotatable bonds is 1. The van der Waals surface area contributed by atoms with Crippen LogP contribution in [0.5, 0.6) is 11.5 Å². The van der Waals surface area contributed by atoms with Gasteiger partial charge in [-0.15, -0.1) is 0 Å². The van der Waals surface area contributed by atoms with E-state index in [0.29, 0.717) is 16.9 Å². The summed E-state index contributed by atoms with van der Waals surface area (Å²) in [5, 5.41) is 24.8. The van der Waals surface area contributed by atoms with Crippen LogP contribution in [-0.2, 0) is 0 Å². The molecule has 0 aliphatic carbocycles.